The third-order valence-corrected chi connectivity index (χ3v) is 7.41. The van der Waals surface area contributed by atoms with Crippen LogP contribution in [-0.4, -0.2) is 61.8 Å². The molecule has 6 nitrogen and oxygen atoms in total. The van der Waals surface area contributed by atoms with Gasteiger partial charge in [0.1, 0.15) is 5.75 Å². The van der Waals surface area contributed by atoms with E-state index in [0.29, 0.717) is 27.5 Å². The zero-order chi connectivity index (χ0) is 23.4. The minimum atomic E-state index is -0.155. The van der Waals surface area contributed by atoms with Gasteiger partial charge in [-0.1, -0.05) is 46.7 Å². The van der Waals surface area contributed by atoms with Gasteiger partial charge in [-0.25, -0.2) is 4.98 Å². The van der Waals surface area contributed by atoms with Gasteiger partial charge in [-0.05, 0) is 49.6 Å². The molecular formula is C24H27Cl2N3O3S. The number of carbonyl (C=O) groups is 1. The first-order chi connectivity index (χ1) is 15.9. The Kier molecular flexibility index (Phi) is 8.09. The number of anilines is 1. The van der Waals surface area contributed by atoms with Crippen molar-refractivity contribution < 1.29 is 14.3 Å². The summed E-state index contributed by atoms with van der Waals surface area (Å²) >= 11 is 13.7. The Balaban J connectivity index is 1.51. The van der Waals surface area contributed by atoms with Crippen molar-refractivity contribution in [2.75, 3.05) is 50.9 Å². The summed E-state index contributed by atoms with van der Waals surface area (Å²) in [5, 5.41) is 1.59. The predicted octanol–water partition coefficient (Wildman–Crippen LogP) is 5.35. The van der Waals surface area contributed by atoms with Crippen molar-refractivity contribution in [3.05, 3.63) is 51.5 Å². The molecule has 1 aliphatic rings. The number of thiazole rings is 1. The van der Waals surface area contributed by atoms with Crippen molar-refractivity contribution in [3.63, 3.8) is 0 Å². The first-order valence-corrected chi connectivity index (χ1v) is 12.5. The lowest BCUT2D eigenvalue weighted by Crippen LogP contribution is -2.40. The number of ether oxygens (including phenoxy) is 2. The molecular weight excluding hydrogens is 481 g/mol. The molecule has 0 atom stereocenters. The highest BCUT2D eigenvalue weighted by atomic mass is 35.5. The molecule has 0 unspecified atom stereocenters. The molecule has 0 bridgehead atoms. The van der Waals surface area contributed by atoms with Gasteiger partial charge in [0.05, 0.1) is 28.5 Å². The second-order valence-corrected chi connectivity index (χ2v) is 9.91. The van der Waals surface area contributed by atoms with Crippen LogP contribution in [0.25, 0.3) is 10.2 Å². The van der Waals surface area contributed by atoms with Gasteiger partial charge in [0, 0.05) is 31.2 Å². The van der Waals surface area contributed by atoms with E-state index in [9.17, 15) is 4.79 Å². The highest BCUT2D eigenvalue weighted by Gasteiger charge is 2.22. The number of morpholine rings is 1. The summed E-state index contributed by atoms with van der Waals surface area (Å²) in [4.78, 5) is 22.2. The molecule has 0 saturated carbocycles. The first kappa shape index (κ1) is 24.2. The molecule has 3 aromatic rings. The van der Waals surface area contributed by atoms with Gasteiger partial charge in [-0.3, -0.25) is 14.6 Å². The minimum Gasteiger partial charge on any atom is -0.482 e. The Bertz CT molecular complexity index is 1090. The Morgan fingerprint density at radius 2 is 1.94 bits per heavy atom. The molecule has 1 aromatic heterocycles. The van der Waals surface area contributed by atoms with Gasteiger partial charge in [0.15, 0.2) is 11.7 Å². The average molecular weight is 508 g/mol. The lowest BCUT2D eigenvalue weighted by atomic mass is 10.1. The van der Waals surface area contributed by atoms with E-state index in [4.69, 9.17) is 37.7 Å². The predicted molar refractivity (Wildman–Crippen MR) is 135 cm³/mol. The number of fused-ring (bicyclic) bond motifs is 1. The lowest BCUT2D eigenvalue weighted by molar-refractivity contribution is -0.120. The quantitative estimate of drug-likeness (QED) is 0.411. The summed E-state index contributed by atoms with van der Waals surface area (Å²) in [6, 6.07) is 9.12. The van der Waals surface area contributed by atoms with Crippen LogP contribution in [0.5, 0.6) is 5.75 Å². The number of benzene rings is 2. The van der Waals surface area contributed by atoms with Gasteiger partial charge in [0.2, 0.25) is 0 Å². The molecule has 0 radical (unpaired) electrons. The van der Waals surface area contributed by atoms with Crippen LogP contribution in [0.2, 0.25) is 10.0 Å². The van der Waals surface area contributed by atoms with E-state index in [1.54, 1.807) is 34.4 Å². The van der Waals surface area contributed by atoms with Crippen LogP contribution in [-0.2, 0) is 9.53 Å². The summed E-state index contributed by atoms with van der Waals surface area (Å²) in [7, 11) is 0. The van der Waals surface area contributed by atoms with Crippen molar-refractivity contribution >= 4 is 55.8 Å². The first-order valence-electron chi connectivity index (χ1n) is 11.0. The number of hydrogen-bond acceptors (Lipinski definition) is 6. The number of nitrogens with zero attached hydrogens (tertiary/aromatic N) is 3. The highest BCUT2D eigenvalue weighted by Crippen LogP contribution is 2.33. The van der Waals surface area contributed by atoms with E-state index in [1.165, 1.54) is 0 Å². The molecule has 33 heavy (non-hydrogen) atoms. The summed E-state index contributed by atoms with van der Waals surface area (Å²) in [5.41, 5.74) is 3.20. The molecule has 176 valence electrons. The number of carbonyl (C=O) groups excluding carboxylic acids is 1. The monoisotopic (exact) mass is 507 g/mol. The van der Waals surface area contributed by atoms with Crippen LogP contribution >= 0.6 is 34.5 Å². The molecule has 0 N–H and O–H groups in total. The number of rotatable bonds is 8. The van der Waals surface area contributed by atoms with E-state index >= 15 is 0 Å². The molecule has 0 aliphatic carbocycles. The fourth-order valence-electron chi connectivity index (χ4n) is 3.78. The third kappa shape index (κ3) is 5.97. The van der Waals surface area contributed by atoms with Crippen molar-refractivity contribution in [2.45, 2.75) is 20.3 Å². The zero-order valence-corrected chi connectivity index (χ0v) is 21.1. The fourth-order valence-corrected chi connectivity index (χ4v) is 5.40. The fraction of sp³-hybridized carbons (Fsp3) is 0.417. The van der Waals surface area contributed by atoms with Gasteiger partial charge < -0.3 is 9.47 Å². The van der Waals surface area contributed by atoms with E-state index < -0.39 is 0 Å². The maximum atomic E-state index is 13.3. The highest BCUT2D eigenvalue weighted by molar-refractivity contribution is 7.22. The largest absolute Gasteiger partial charge is 0.482 e. The molecule has 1 fully saturated rings. The SMILES string of the molecule is Cc1ccc(C)c2sc(N(CCCN3CCOCC3)C(=O)COc3ccc(Cl)cc3Cl)nc12. The normalized spacial score (nSPS) is 14.5. The topological polar surface area (TPSA) is 54.9 Å². The van der Waals surface area contributed by atoms with Crippen molar-refractivity contribution in [3.8, 4) is 5.75 Å². The second kappa shape index (κ2) is 11.0. The van der Waals surface area contributed by atoms with Gasteiger partial charge in [-0.2, -0.15) is 0 Å². The third-order valence-electron chi connectivity index (χ3n) is 5.67. The molecule has 1 amide bonds. The molecule has 9 heteroatoms. The summed E-state index contributed by atoms with van der Waals surface area (Å²) in [6.07, 6.45) is 0.835. The van der Waals surface area contributed by atoms with Crippen molar-refractivity contribution in [1.82, 2.24) is 9.88 Å². The maximum Gasteiger partial charge on any atom is 0.266 e. The van der Waals surface area contributed by atoms with E-state index in [0.717, 1.165) is 60.6 Å². The van der Waals surface area contributed by atoms with Crippen LogP contribution in [0.15, 0.2) is 30.3 Å². The Labute approximate surface area is 208 Å². The van der Waals surface area contributed by atoms with Crippen molar-refractivity contribution in [2.24, 2.45) is 0 Å². The van der Waals surface area contributed by atoms with Crippen LogP contribution in [0.1, 0.15) is 17.5 Å². The summed E-state index contributed by atoms with van der Waals surface area (Å²) in [5.74, 6) is 0.274. The second-order valence-electron chi connectivity index (χ2n) is 8.09. The standard InChI is InChI=1S/C24H27Cl2N3O3S/c1-16-4-5-17(2)23-22(16)27-24(33-23)29(9-3-8-28-10-12-31-13-11-28)21(30)15-32-20-7-6-18(25)14-19(20)26/h4-7,14H,3,8-13,15H2,1-2H3. The van der Waals surface area contributed by atoms with Crippen LogP contribution in [0.4, 0.5) is 5.13 Å². The van der Waals surface area contributed by atoms with Crippen LogP contribution < -0.4 is 9.64 Å². The van der Waals surface area contributed by atoms with Gasteiger partial charge >= 0.3 is 0 Å². The lowest BCUT2D eigenvalue weighted by Gasteiger charge is -2.27. The van der Waals surface area contributed by atoms with Crippen molar-refractivity contribution in [1.29, 1.82) is 0 Å². The van der Waals surface area contributed by atoms with E-state index in [-0.39, 0.29) is 12.5 Å². The van der Waals surface area contributed by atoms with E-state index in [1.807, 2.05) is 6.92 Å². The maximum absolute atomic E-state index is 13.3. The van der Waals surface area contributed by atoms with E-state index in [2.05, 4.69) is 24.0 Å². The molecule has 1 aliphatic heterocycles. The summed E-state index contributed by atoms with van der Waals surface area (Å²) in [6.45, 7) is 8.81. The average Bonchev–Trinajstić information content (AvgIpc) is 3.26. The Morgan fingerprint density at radius 1 is 1.18 bits per heavy atom. The summed E-state index contributed by atoms with van der Waals surface area (Å²) < 4.78 is 12.3. The van der Waals surface area contributed by atoms with Crippen LogP contribution in [0, 0.1) is 13.8 Å². The number of halogens is 2. The van der Waals surface area contributed by atoms with Crippen LogP contribution in [0.3, 0.4) is 0 Å². The molecule has 2 heterocycles. The smallest absolute Gasteiger partial charge is 0.266 e. The van der Waals surface area contributed by atoms with Gasteiger partial charge in [0.25, 0.3) is 5.91 Å². The molecule has 0 spiro atoms. The number of amides is 1. The number of aromatic nitrogens is 1. The van der Waals surface area contributed by atoms with Gasteiger partial charge in [-0.15, -0.1) is 0 Å². The molecule has 2 aromatic carbocycles. The molecule has 4 rings (SSSR count). The molecule has 1 saturated heterocycles. The Hall–Kier alpha value is -1.90. The number of aryl methyl sites for hydroxylation is 2. The Morgan fingerprint density at radius 3 is 2.67 bits per heavy atom. The zero-order valence-electron chi connectivity index (χ0n) is 18.8. The minimum absolute atomic E-state index is 0.132. The number of hydrogen-bond donors (Lipinski definition) is 0.